The maximum absolute atomic E-state index is 13.1. The summed E-state index contributed by atoms with van der Waals surface area (Å²) in [5.41, 5.74) is 1.88. The molecular formula is C19H22N2O. The zero-order valence-electron chi connectivity index (χ0n) is 13.0. The number of hydrogen-bond acceptors (Lipinski definition) is 2. The second kappa shape index (κ2) is 6.75. The third-order valence-corrected chi connectivity index (χ3v) is 4.32. The Hall–Kier alpha value is -2.13. The van der Waals surface area contributed by atoms with Crippen molar-refractivity contribution in [1.29, 1.82) is 0 Å². The molecule has 2 aromatic carbocycles. The highest BCUT2D eigenvalue weighted by molar-refractivity contribution is 6.01. The van der Waals surface area contributed by atoms with Crippen LogP contribution in [0, 0.1) is 5.92 Å². The molecule has 0 aromatic heterocycles. The van der Waals surface area contributed by atoms with Crippen molar-refractivity contribution in [2.24, 2.45) is 5.92 Å². The third-order valence-electron chi connectivity index (χ3n) is 4.32. The SMILES string of the molecule is CN1CCC(C(=O)N(c2ccccc2)c2ccccc2)CC1. The van der Waals surface area contributed by atoms with Gasteiger partial charge in [-0.25, -0.2) is 0 Å². The lowest BCUT2D eigenvalue weighted by Crippen LogP contribution is -2.39. The van der Waals surface area contributed by atoms with Gasteiger partial charge >= 0.3 is 0 Å². The van der Waals surface area contributed by atoms with E-state index in [4.69, 9.17) is 0 Å². The number of carbonyl (C=O) groups is 1. The Labute approximate surface area is 132 Å². The van der Waals surface area contributed by atoms with Crippen molar-refractivity contribution in [3.8, 4) is 0 Å². The van der Waals surface area contributed by atoms with E-state index in [1.54, 1.807) is 0 Å². The summed E-state index contributed by atoms with van der Waals surface area (Å²) < 4.78 is 0. The first-order chi connectivity index (χ1) is 10.8. The van der Waals surface area contributed by atoms with Crippen LogP contribution in [-0.4, -0.2) is 30.9 Å². The van der Waals surface area contributed by atoms with Crippen molar-refractivity contribution < 1.29 is 4.79 Å². The zero-order chi connectivity index (χ0) is 15.4. The molecule has 1 aliphatic rings. The molecule has 3 heteroatoms. The summed E-state index contributed by atoms with van der Waals surface area (Å²) in [7, 11) is 2.12. The van der Waals surface area contributed by atoms with Gasteiger partial charge in [-0.15, -0.1) is 0 Å². The molecule has 2 aromatic rings. The van der Waals surface area contributed by atoms with Crippen molar-refractivity contribution >= 4 is 17.3 Å². The van der Waals surface area contributed by atoms with Crippen LogP contribution >= 0.6 is 0 Å². The van der Waals surface area contributed by atoms with Gasteiger partial charge in [0.05, 0.1) is 0 Å². The average Bonchev–Trinajstić information content (AvgIpc) is 2.57. The summed E-state index contributed by atoms with van der Waals surface area (Å²) in [6, 6.07) is 19.9. The number of rotatable bonds is 3. The predicted octanol–water partition coefficient (Wildman–Crippen LogP) is 3.69. The summed E-state index contributed by atoms with van der Waals surface area (Å²) in [6.07, 6.45) is 1.87. The molecule has 1 saturated heterocycles. The lowest BCUT2D eigenvalue weighted by atomic mass is 9.95. The number of hydrogen-bond donors (Lipinski definition) is 0. The molecule has 3 nitrogen and oxygen atoms in total. The maximum Gasteiger partial charge on any atom is 0.234 e. The Morgan fingerprint density at radius 2 is 1.36 bits per heavy atom. The Morgan fingerprint density at radius 3 is 1.82 bits per heavy atom. The number of benzene rings is 2. The van der Waals surface area contributed by atoms with Crippen LogP contribution in [0.1, 0.15) is 12.8 Å². The molecule has 1 fully saturated rings. The minimum absolute atomic E-state index is 0.108. The van der Waals surface area contributed by atoms with Gasteiger partial charge in [0.2, 0.25) is 5.91 Å². The largest absolute Gasteiger partial charge is 0.306 e. The topological polar surface area (TPSA) is 23.6 Å². The molecule has 1 aliphatic heterocycles. The Bertz CT molecular complexity index is 564. The van der Waals surface area contributed by atoms with E-state index in [0.717, 1.165) is 37.3 Å². The van der Waals surface area contributed by atoms with Gasteiger partial charge < -0.3 is 4.90 Å². The van der Waals surface area contributed by atoms with E-state index in [-0.39, 0.29) is 11.8 Å². The van der Waals surface area contributed by atoms with Crippen LogP contribution < -0.4 is 4.90 Å². The number of carbonyl (C=O) groups excluding carboxylic acids is 1. The molecule has 0 unspecified atom stereocenters. The van der Waals surface area contributed by atoms with Gasteiger partial charge in [-0.2, -0.15) is 0 Å². The molecule has 114 valence electrons. The lowest BCUT2D eigenvalue weighted by Gasteiger charge is -2.32. The summed E-state index contributed by atoms with van der Waals surface area (Å²) in [5, 5.41) is 0. The highest BCUT2D eigenvalue weighted by Crippen LogP contribution is 2.29. The van der Waals surface area contributed by atoms with Gasteiger partial charge in [0.25, 0.3) is 0 Å². The molecule has 0 spiro atoms. The van der Waals surface area contributed by atoms with Crippen molar-refractivity contribution in [3.05, 3.63) is 60.7 Å². The van der Waals surface area contributed by atoms with Crippen LogP contribution in [0.25, 0.3) is 0 Å². The highest BCUT2D eigenvalue weighted by Gasteiger charge is 2.29. The fourth-order valence-electron chi connectivity index (χ4n) is 3.00. The minimum Gasteiger partial charge on any atom is -0.306 e. The van der Waals surface area contributed by atoms with Crippen LogP contribution in [0.4, 0.5) is 11.4 Å². The summed E-state index contributed by atoms with van der Waals surface area (Å²) in [6.45, 7) is 1.99. The second-order valence-corrected chi connectivity index (χ2v) is 5.92. The minimum atomic E-state index is 0.108. The lowest BCUT2D eigenvalue weighted by molar-refractivity contribution is -0.122. The molecule has 0 aliphatic carbocycles. The van der Waals surface area contributed by atoms with E-state index in [0.29, 0.717) is 0 Å². The Balaban J connectivity index is 1.90. The van der Waals surface area contributed by atoms with Gasteiger partial charge in [-0.3, -0.25) is 9.69 Å². The molecule has 1 heterocycles. The summed E-state index contributed by atoms with van der Waals surface area (Å²) in [5.74, 6) is 0.321. The van der Waals surface area contributed by atoms with E-state index in [1.807, 2.05) is 65.6 Å². The highest BCUT2D eigenvalue weighted by atomic mass is 16.2. The number of anilines is 2. The van der Waals surface area contributed by atoms with Crippen LogP contribution in [0.15, 0.2) is 60.7 Å². The number of para-hydroxylation sites is 2. The van der Waals surface area contributed by atoms with Crippen molar-refractivity contribution in [1.82, 2.24) is 4.90 Å². The smallest absolute Gasteiger partial charge is 0.234 e. The average molecular weight is 294 g/mol. The third kappa shape index (κ3) is 3.20. The van der Waals surface area contributed by atoms with Gasteiger partial charge in [0.15, 0.2) is 0 Å². The molecule has 0 N–H and O–H groups in total. The first-order valence-corrected chi connectivity index (χ1v) is 7.88. The van der Waals surface area contributed by atoms with Crippen LogP contribution in [0.3, 0.4) is 0 Å². The van der Waals surface area contributed by atoms with Crippen LogP contribution in [-0.2, 0) is 4.79 Å². The van der Waals surface area contributed by atoms with Gasteiger partial charge in [0, 0.05) is 17.3 Å². The molecule has 0 radical (unpaired) electrons. The normalized spacial score (nSPS) is 16.4. The number of nitrogens with zero attached hydrogens (tertiary/aromatic N) is 2. The molecule has 0 bridgehead atoms. The van der Waals surface area contributed by atoms with E-state index in [1.165, 1.54) is 0 Å². The molecule has 0 atom stereocenters. The van der Waals surface area contributed by atoms with E-state index >= 15 is 0 Å². The molecule has 0 saturated carbocycles. The predicted molar refractivity (Wildman–Crippen MR) is 90.3 cm³/mol. The first kappa shape index (κ1) is 14.8. The van der Waals surface area contributed by atoms with Gasteiger partial charge in [-0.05, 0) is 57.2 Å². The summed E-state index contributed by atoms with van der Waals surface area (Å²) >= 11 is 0. The second-order valence-electron chi connectivity index (χ2n) is 5.92. The fraction of sp³-hybridized carbons (Fsp3) is 0.316. The fourth-order valence-corrected chi connectivity index (χ4v) is 3.00. The van der Waals surface area contributed by atoms with E-state index in [9.17, 15) is 4.79 Å². The van der Waals surface area contributed by atoms with E-state index in [2.05, 4.69) is 11.9 Å². The first-order valence-electron chi connectivity index (χ1n) is 7.88. The van der Waals surface area contributed by atoms with Crippen molar-refractivity contribution in [3.63, 3.8) is 0 Å². The molecule has 1 amide bonds. The van der Waals surface area contributed by atoms with Crippen LogP contribution in [0.2, 0.25) is 0 Å². The van der Waals surface area contributed by atoms with Crippen molar-refractivity contribution in [2.75, 3.05) is 25.0 Å². The molecule has 3 rings (SSSR count). The number of piperidine rings is 1. The Kier molecular flexibility index (Phi) is 4.54. The quantitative estimate of drug-likeness (QED) is 0.862. The standard InChI is InChI=1S/C19H22N2O/c1-20-14-12-16(13-15-20)19(22)21(17-8-4-2-5-9-17)18-10-6-3-7-11-18/h2-11,16H,12-15H2,1H3. The number of amides is 1. The van der Waals surface area contributed by atoms with Crippen LogP contribution in [0.5, 0.6) is 0 Å². The summed E-state index contributed by atoms with van der Waals surface area (Å²) in [4.78, 5) is 17.3. The van der Waals surface area contributed by atoms with Gasteiger partial charge in [0.1, 0.15) is 0 Å². The maximum atomic E-state index is 13.1. The Morgan fingerprint density at radius 1 is 0.909 bits per heavy atom. The van der Waals surface area contributed by atoms with Gasteiger partial charge in [-0.1, -0.05) is 36.4 Å². The van der Waals surface area contributed by atoms with E-state index < -0.39 is 0 Å². The molecule has 22 heavy (non-hydrogen) atoms. The van der Waals surface area contributed by atoms with Crippen molar-refractivity contribution in [2.45, 2.75) is 12.8 Å². The zero-order valence-corrected chi connectivity index (χ0v) is 13.0. The molecular weight excluding hydrogens is 272 g/mol. The number of likely N-dealkylation sites (tertiary alicyclic amines) is 1. The monoisotopic (exact) mass is 294 g/mol.